The second-order valence-electron chi connectivity index (χ2n) is 5.07. The molecule has 1 aromatic heterocycles. The Balaban J connectivity index is 1.62. The average molecular weight is 261 g/mol. The predicted molar refractivity (Wildman–Crippen MR) is 67.7 cm³/mol. The van der Waals surface area contributed by atoms with Crippen molar-refractivity contribution in [1.29, 1.82) is 0 Å². The number of aromatic nitrogens is 4. The van der Waals surface area contributed by atoms with Crippen molar-refractivity contribution < 1.29 is 4.39 Å². The van der Waals surface area contributed by atoms with E-state index < -0.39 is 0 Å². The molecule has 1 heterocycles. The smallest absolute Gasteiger partial charge is 0.165 e. The van der Waals surface area contributed by atoms with Crippen LogP contribution in [0.1, 0.15) is 30.3 Å². The molecule has 0 spiro atoms. The molecule has 0 N–H and O–H groups in total. The van der Waals surface area contributed by atoms with E-state index in [1.807, 2.05) is 11.7 Å². The normalized spacial score (nSPS) is 15.1. The molecule has 1 fully saturated rings. The van der Waals surface area contributed by atoms with Gasteiger partial charge in [0, 0.05) is 6.54 Å². The van der Waals surface area contributed by atoms with Crippen LogP contribution in [0.15, 0.2) is 24.3 Å². The highest BCUT2D eigenvalue weighted by molar-refractivity contribution is 5.15. The molecule has 1 saturated carbocycles. The monoisotopic (exact) mass is 261 g/mol. The average Bonchev–Trinajstić information content (AvgIpc) is 3.13. The Morgan fingerprint density at radius 3 is 2.68 bits per heavy atom. The summed E-state index contributed by atoms with van der Waals surface area (Å²) in [6.45, 7) is 1.44. The van der Waals surface area contributed by atoms with Crippen molar-refractivity contribution in [3.05, 3.63) is 41.5 Å². The van der Waals surface area contributed by atoms with Gasteiger partial charge in [-0.15, -0.1) is 5.10 Å². The van der Waals surface area contributed by atoms with Crippen molar-refractivity contribution in [3.63, 3.8) is 0 Å². The van der Waals surface area contributed by atoms with Crippen LogP contribution in [0, 0.1) is 5.82 Å². The van der Waals surface area contributed by atoms with E-state index in [2.05, 4.69) is 20.4 Å². The van der Waals surface area contributed by atoms with E-state index in [1.165, 1.54) is 25.0 Å². The molecular weight excluding hydrogens is 245 g/mol. The number of hydrogen-bond acceptors (Lipinski definition) is 4. The van der Waals surface area contributed by atoms with Gasteiger partial charge in [0.1, 0.15) is 5.82 Å². The first kappa shape index (κ1) is 12.2. The highest BCUT2D eigenvalue weighted by Gasteiger charge is 2.27. The maximum absolute atomic E-state index is 12.8. The van der Waals surface area contributed by atoms with Gasteiger partial charge in [-0.2, -0.15) is 0 Å². The summed E-state index contributed by atoms with van der Waals surface area (Å²) >= 11 is 0. The summed E-state index contributed by atoms with van der Waals surface area (Å²) in [5.74, 6) is 0.691. The van der Waals surface area contributed by atoms with Gasteiger partial charge in [0.25, 0.3) is 0 Å². The molecule has 100 valence electrons. The van der Waals surface area contributed by atoms with Crippen LogP contribution in [0.25, 0.3) is 0 Å². The Hall–Kier alpha value is -1.82. The molecule has 19 heavy (non-hydrogen) atoms. The molecule has 0 amide bonds. The van der Waals surface area contributed by atoms with Gasteiger partial charge in [0.05, 0.1) is 12.6 Å². The number of rotatable bonds is 5. The number of halogens is 1. The second-order valence-corrected chi connectivity index (χ2v) is 5.07. The van der Waals surface area contributed by atoms with Gasteiger partial charge >= 0.3 is 0 Å². The first-order valence-corrected chi connectivity index (χ1v) is 6.42. The fourth-order valence-corrected chi connectivity index (χ4v) is 2.12. The molecular formula is C13H16FN5. The molecule has 6 heteroatoms. The van der Waals surface area contributed by atoms with Crippen LogP contribution in [-0.4, -0.2) is 32.2 Å². The van der Waals surface area contributed by atoms with Crippen molar-refractivity contribution in [2.24, 2.45) is 0 Å². The molecule has 0 bridgehead atoms. The van der Waals surface area contributed by atoms with Gasteiger partial charge < -0.3 is 0 Å². The van der Waals surface area contributed by atoms with E-state index in [-0.39, 0.29) is 5.82 Å². The molecule has 3 rings (SSSR count). The van der Waals surface area contributed by atoms with Crippen LogP contribution >= 0.6 is 0 Å². The minimum Gasteiger partial charge on any atom is -0.295 e. The Morgan fingerprint density at radius 2 is 2.00 bits per heavy atom. The number of tetrazole rings is 1. The van der Waals surface area contributed by atoms with Crippen LogP contribution < -0.4 is 0 Å². The van der Waals surface area contributed by atoms with E-state index in [1.54, 1.807) is 12.1 Å². The maximum atomic E-state index is 12.8. The molecule has 1 aliphatic rings. The Labute approximate surface area is 111 Å². The van der Waals surface area contributed by atoms with Crippen LogP contribution in [-0.2, 0) is 13.1 Å². The van der Waals surface area contributed by atoms with Gasteiger partial charge in [-0.05, 0) is 48.0 Å². The van der Waals surface area contributed by atoms with Crippen LogP contribution in [0.3, 0.4) is 0 Å². The Bertz CT molecular complexity index is 546. The maximum Gasteiger partial charge on any atom is 0.165 e. The third kappa shape index (κ3) is 2.96. The van der Waals surface area contributed by atoms with Gasteiger partial charge in [0.2, 0.25) is 0 Å². The van der Waals surface area contributed by atoms with Crippen LogP contribution in [0.5, 0.6) is 0 Å². The minimum absolute atomic E-state index is 0.205. The van der Waals surface area contributed by atoms with Gasteiger partial charge in [-0.25, -0.2) is 9.07 Å². The van der Waals surface area contributed by atoms with Gasteiger partial charge in [-0.1, -0.05) is 12.1 Å². The summed E-state index contributed by atoms with van der Waals surface area (Å²) in [7, 11) is 2.01. The molecule has 5 nitrogen and oxygen atoms in total. The van der Waals surface area contributed by atoms with Crippen molar-refractivity contribution in [2.45, 2.75) is 32.0 Å². The summed E-state index contributed by atoms with van der Waals surface area (Å²) in [5.41, 5.74) is 1.08. The highest BCUT2D eigenvalue weighted by Crippen LogP contribution is 2.34. The van der Waals surface area contributed by atoms with Crippen molar-refractivity contribution in [2.75, 3.05) is 7.05 Å². The van der Waals surface area contributed by atoms with Crippen LogP contribution in [0.2, 0.25) is 0 Å². The van der Waals surface area contributed by atoms with Crippen molar-refractivity contribution >= 4 is 0 Å². The quantitative estimate of drug-likeness (QED) is 0.823. The zero-order valence-corrected chi connectivity index (χ0v) is 10.8. The topological polar surface area (TPSA) is 46.8 Å². The lowest BCUT2D eigenvalue weighted by Crippen LogP contribution is -2.20. The molecule has 0 atom stereocenters. The molecule has 0 aliphatic heterocycles. The zero-order valence-electron chi connectivity index (χ0n) is 10.8. The largest absolute Gasteiger partial charge is 0.295 e. The number of nitrogens with zero attached hydrogens (tertiary/aromatic N) is 5. The number of benzene rings is 1. The zero-order chi connectivity index (χ0) is 13.2. The summed E-state index contributed by atoms with van der Waals surface area (Å²) < 4.78 is 14.8. The first-order chi connectivity index (χ1) is 9.22. The lowest BCUT2D eigenvalue weighted by atomic mass is 10.2. The van der Waals surface area contributed by atoms with E-state index in [0.717, 1.165) is 17.9 Å². The summed E-state index contributed by atoms with van der Waals surface area (Å²) in [6, 6.07) is 7.06. The molecule has 0 unspecified atom stereocenters. The molecule has 0 saturated heterocycles. The van der Waals surface area contributed by atoms with E-state index >= 15 is 0 Å². The third-order valence-corrected chi connectivity index (χ3v) is 3.23. The predicted octanol–water partition coefficient (Wildman–Crippen LogP) is 1.78. The SMILES string of the molecule is CN(Cc1ccc(F)cc1)Cc1nnnn1C1CC1. The fourth-order valence-electron chi connectivity index (χ4n) is 2.12. The van der Waals surface area contributed by atoms with Gasteiger partial charge in [0.15, 0.2) is 5.82 Å². The molecule has 1 aromatic carbocycles. The molecule has 0 radical (unpaired) electrons. The molecule has 2 aromatic rings. The summed E-state index contributed by atoms with van der Waals surface area (Å²) in [6.07, 6.45) is 2.33. The van der Waals surface area contributed by atoms with Crippen molar-refractivity contribution in [3.8, 4) is 0 Å². The third-order valence-electron chi connectivity index (χ3n) is 3.23. The van der Waals surface area contributed by atoms with E-state index in [9.17, 15) is 4.39 Å². The number of hydrogen-bond donors (Lipinski definition) is 0. The minimum atomic E-state index is -0.205. The fraction of sp³-hybridized carbons (Fsp3) is 0.462. The highest BCUT2D eigenvalue weighted by atomic mass is 19.1. The summed E-state index contributed by atoms with van der Waals surface area (Å²) in [5, 5.41) is 11.8. The Morgan fingerprint density at radius 1 is 1.26 bits per heavy atom. The van der Waals surface area contributed by atoms with Crippen molar-refractivity contribution in [1.82, 2.24) is 25.1 Å². The van der Waals surface area contributed by atoms with Gasteiger partial charge in [-0.3, -0.25) is 4.90 Å². The van der Waals surface area contributed by atoms with E-state index in [0.29, 0.717) is 12.6 Å². The lowest BCUT2D eigenvalue weighted by molar-refractivity contribution is 0.302. The molecule has 1 aliphatic carbocycles. The van der Waals surface area contributed by atoms with E-state index in [4.69, 9.17) is 0 Å². The second kappa shape index (κ2) is 5.05. The van der Waals surface area contributed by atoms with Crippen LogP contribution in [0.4, 0.5) is 4.39 Å². The first-order valence-electron chi connectivity index (χ1n) is 6.42. The Kier molecular flexibility index (Phi) is 3.25. The standard InChI is InChI=1S/C13H16FN5/c1-18(8-10-2-4-11(14)5-3-10)9-13-15-16-17-19(13)12-6-7-12/h2-5,12H,6-9H2,1H3. The lowest BCUT2D eigenvalue weighted by Gasteiger charge is -2.16. The summed E-state index contributed by atoms with van der Waals surface area (Å²) in [4.78, 5) is 2.12.